The van der Waals surface area contributed by atoms with E-state index in [4.69, 9.17) is 18.6 Å². The van der Waals surface area contributed by atoms with Gasteiger partial charge >= 0.3 is 0 Å². The molecule has 1 amide bonds. The number of methoxy groups -OCH3 is 1. The fraction of sp³-hybridized carbons (Fsp3) is 0.364. The minimum Gasteiger partial charge on any atom is -0.497 e. The molecular formula is C22H24N2O5. The van der Waals surface area contributed by atoms with E-state index in [1.54, 1.807) is 19.1 Å². The molecule has 1 aliphatic rings. The zero-order chi connectivity index (χ0) is 20.2. The average Bonchev–Trinajstić information content (AvgIpc) is 3.43. The predicted octanol–water partition coefficient (Wildman–Crippen LogP) is 3.67. The number of oxazole rings is 1. The first-order chi connectivity index (χ1) is 14.1. The topological polar surface area (TPSA) is 74.0 Å². The molecule has 0 radical (unpaired) electrons. The number of carbonyl (C=O) groups excluding carboxylic acids is 1. The Morgan fingerprint density at radius 1 is 1.21 bits per heavy atom. The summed E-state index contributed by atoms with van der Waals surface area (Å²) in [6, 6.07) is 11.7. The van der Waals surface area contributed by atoms with Crippen molar-refractivity contribution in [2.45, 2.75) is 25.6 Å². The lowest BCUT2D eigenvalue weighted by molar-refractivity contribution is 0.0582. The number of fused-ring (bicyclic) bond motifs is 1. The van der Waals surface area contributed by atoms with Gasteiger partial charge in [0.1, 0.15) is 17.8 Å². The molecule has 152 valence electrons. The zero-order valence-corrected chi connectivity index (χ0v) is 16.6. The molecule has 1 aliphatic heterocycles. The van der Waals surface area contributed by atoms with Gasteiger partial charge in [-0.1, -0.05) is 12.1 Å². The molecule has 0 bridgehead atoms. The highest BCUT2D eigenvalue weighted by Gasteiger charge is 2.22. The number of carbonyl (C=O) groups is 1. The number of likely N-dealkylation sites (N-methyl/N-ethyl adjacent to an activating group) is 1. The van der Waals surface area contributed by atoms with E-state index >= 15 is 0 Å². The summed E-state index contributed by atoms with van der Waals surface area (Å²) >= 11 is 0. The van der Waals surface area contributed by atoms with Crippen LogP contribution in [0.4, 0.5) is 0 Å². The van der Waals surface area contributed by atoms with Crippen molar-refractivity contribution in [3.05, 3.63) is 54.2 Å². The number of nitrogens with zero attached hydrogens (tertiary/aromatic N) is 2. The quantitative estimate of drug-likeness (QED) is 0.607. The molecule has 2 heterocycles. The summed E-state index contributed by atoms with van der Waals surface area (Å²) in [4.78, 5) is 18.4. The third-order valence-electron chi connectivity index (χ3n) is 5.00. The fourth-order valence-electron chi connectivity index (χ4n) is 3.41. The van der Waals surface area contributed by atoms with E-state index in [0.717, 1.165) is 36.0 Å². The Bertz CT molecular complexity index is 994. The number of hydrogen-bond donors (Lipinski definition) is 0. The van der Waals surface area contributed by atoms with Gasteiger partial charge in [0.15, 0.2) is 12.3 Å². The van der Waals surface area contributed by atoms with Crippen LogP contribution in [0, 0.1) is 0 Å². The van der Waals surface area contributed by atoms with Gasteiger partial charge < -0.3 is 23.5 Å². The number of hydrogen-bond acceptors (Lipinski definition) is 6. The molecule has 1 saturated heterocycles. The van der Waals surface area contributed by atoms with Gasteiger partial charge in [-0.15, -0.1) is 0 Å². The summed E-state index contributed by atoms with van der Waals surface area (Å²) in [6.45, 7) is 1.45. The Balaban J connectivity index is 1.37. The second-order valence-corrected chi connectivity index (χ2v) is 7.11. The van der Waals surface area contributed by atoms with E-state index in [1.165, 1.54) is 6.26 Å². The summed E-state index contributed by atoms with van der Waals surface area (Å²) in [6.07, 6.45) is 3.50. The summed E-state index contributed by atoms with van der Waals surface area (Å²) in [5.41, 5.74) is 0.271. The summed E-state index contributed by atoms with van der Waals surface area (Å²) in [5, 5.41) is 2.11. The average molecular weight is 396 g/mol. The zero-order valence-electron chi connectivity index (χ0n) is 16.6. The Kier molecular flexibility index (Phi) is 5.67. The Morgan fingerprint density at radius 3 is 2.76 bits per heavy atom. The second kappa shape index (κ2) is 8.53. The van der Waals surface area contributed by atoms with E-state index in [2.05, 4.69) is 4.98 Å². The van der Waals surface area contributed by atoms with Crippen LogP contribution in [-0.4, -0.2) is 49.2 Å². The third-order valence-corrected chi connectivity index (χ3v) is 5.00. The lowest BCUT2D eigenvalue weighted by Crippen LogP contribution is -2.34. The van der Waals surface area contributed by atoms with Crippen molar-refractivity contribution >= 4 is 16.7 Å². The number of benzene rings is 2. The van der Waals surface area contributed by atoms with Crippen molar-refractivity contribution in [3.63, 3.8) is 0 Å². The van der Waals surface area contributed by atoms with E-state index in [-0.39, 0.29) is 24.3 Å². The molecule has 0 saturated carbocycles. The molecule has 7 heteroatoms. The lowest BCUT2D eigenvalue weighted by atomic mass is 10.1. The molecule has 0 N–H and O–H groups in total. The molecule has 0 unspecified atom stereocenters. The van der Waals surface area contributed by atoms with Crippen LogP contribution in [0.5, 0.6) is 11.5 Å². The summed E-state index contributed by atoms with van der Waals surface area (Å²) in [5.74, 6) is 1.64. The first-order valence-electron chi connectivity index (χ1n) is 9.64. The second-order valence-electron chi connectivity index (χ2n) is 7.11. The lowest BCUT2D eigenvalue weighted by Gasteiger charge is -2.19. The van der Waals surface area contributed by atoms with Gasteiger partial charge in [0, 0.05) is 20.2 Å². The molecule has 1 fully saturated rings. The summed E-state index contributed by atoms with van der Waals surface area (Å²) < 4.78 is 22.1. The highest BCUT2D eigenvalue weighted by Crippen LogP contribution is 2.25. The van der Waals surface area contributed by atoms with Crippen LogP contribution in [0.3, 0.4) is 0 Å². The van der Waals surface area contributed by atoms with Crippen LogP contribution in [0.25, 0.3) is 10.8 Å². The van der Waals surface area contributed by atoms with Crippen LogP contribution >= 0.6 is 0 Å². The number of rotatable bonds is 7. The molecule has 29 heavy (non-hydrogen) atoms. The largest absolute Gasteiger partial charge is 0.497 e. The molecule has 7 nitrogen and oxygen atoms in total. The predicted molar refractivity (Wildman–Crippen MR) is 107 cm³/mol. The number of ether oxygens (including phenoxy) is 3. The van der Waals surface area contributed by atoms with Crippen molar-refractivity contribution in [1.29, 1.82) is 0 Å². The van der Waals surface area contributed by atoms with E-state index in [9.17, 15) is 4.79 Å². The van der Waals surface area contributed by atoms with Gasteiger partial charge in [-0.25, -0.2) is 4.98 Å². The van der Waals surface area contributed by atoms with Crippen LogP contribution < -0.4 is 9.47 Å². The smallest absolute Gasteiger partial charge is 0.275 e. The van der Waals surface area contributed by atoms with Gasteiger partial charge in [-0.05, 0) is 47.9 Å². The molecule has 1 atom stereocenters. The van der Waals surface area contributed by atoms with Crippen LogP contribution in [0.1, 0.15) is 29.2 Å². The van der Waals surface area contributed by atoms with Crippen molar-refractivity contribution in [3.8, 4) is 11.5 Å². The molecule has 0 aliphatic carbocycles. The molecule has 4 rings (SSSR count). The monoisotopic (exact) mass is 396 g/mol. The number of aromatic nitrogens is 1. The maximum absolute atomic E-state index is 12.5. The summed E-state index contributed by atoms with van der Waals surface area (Å²) in [7, 11) is 3.39. The first kappa shape index (κ1) is 19.3. The maximum Gasteiger partial charge on any atom is 0.275 e. The normalized spacial score (nSPS) is 16.1. The van der Waals surface area contributed by atoms with Gasteiger partial charge in [0.2, 0.25) is 5.89 Å². The van der Waals surface area contributed by atoms with Gasteiger partial charge in [0.25, 0.3) is 5.91 Å². The standard InChI is InChI=1S/C22H24N2O5/c1-24(12-19-4-3-9-27-19)22(25)20-13-29-21(23-20)14-28-18-8-6-15-5-7-17(26-2)10-16(15)11-18/h5-8,10-11,13,19H,3-4,9,12,14H2,1-2H3/t19-/m1/s1. The SMILES string of the molecule is COc1ccc2ccc(OCc3nc(C(=O)N(C)C[C@H]4CCCO4)co3)cc2c1. The van der Waals surface area contributed by atoms with E-state index in [1.807, 2.05) is 36.4 Å². The van der Waals surface area contributed by atoms with Crippen molar-refractivity contribution in [2.75, 3.05) is 27.3 Å². The minimum atomic E-state index is -0.187. The molecular weight excluding hydrogens is 372 g/mol. The molecule has 2 aromatic carbocycles. The fourth-order valence-corrected chi connectivity index (χ4v) is 3.41. The van der Waals surface area contributed by atoms with Gasteiger partial charge in [-0.2, -0.15) is 0 Å². The maximum atomic E-state index is 12.5. The highest BCUT2D eigenvalue weighted by atomic mass is 16.5. The first-order valence-corrected chi connectivity index (χ1v) is 9.64. The van der Waals surface area contributed by atoms with Crippen molar-refractivity contribution in [1.82, 2.24) is 9.88 Å². The molecule has 1 aromatic heterocycles. The van der Waals surface area contributed by atoms with Crippen LogP contribution in [0.2, 0.25) is 0 Å². The van der Waals surface area contributed by atoms with Gasteiger partial charge in [0.05, 0.1) is 13.2 Å². The Hall–Kier alpha value is -3.06. The van der Waals surface area contributed by atoms with Crippen LogP contribution in [-0.2, 0) is 11.3 Å². The third kappa shape index (κ3) is 4.51. The Labute approximate surface area is 169 Å². The Morgan fingerprint density at radius 2 is 2.00 bits per heavy atom. The highest BCUT2D eigenvalue weighted by molar-refractivity contribution is 5.91. The van der Waals surface area contributed by atoms with Gasteiger partial charge in [-0.3, -0.25) is 4.79 Å². The molecule has 0 spiro atoms. The van der Waals surface area contributed by atoms with E-state index in [0.29, 0.717) is 18.2 Å². The van der Waals surface area contributed by atoms with Crippen molar-refractivity contribution < 1.29 is 23.4 Å². The van der Waals surface area contributed by atoms with Crippen molar-refractivity contribution in [2.24, 2.45) is 0 Å². The van der Waals surface area contributed by atoms with Crippen LogP contribution in [0.15, 0.2) is 47.1 Å². The molecule has 3 aromatic rings. The minimum absolute atomic E-state index is 0.102. The van der Waals surface area contributed by atoms with E-state index < -0.39 is 0 Å². The number of amides is 1.